The maximum absolute atomic E-state index is 13.9. The average Bonchev–Trinajstić information content (AvgIpc) is 2.59. The van der Waals surface area contributed by atoms with Crippen molar-refractivity contribution in [3.05, 3.63) is 29.6 Å². The van der Waals surface area contributed by atoms with E-state index in [2.05, 4.69) is 10.2 Å². The number of ether oxygens (including phenoxy) is 1. The van der Waals surface area contributed by atoms with E-state index in [4.69, 9.17) is 4.74 Å². The largest absolute Gasteiger partial charge is 0.494 e. The molecule has 4 aliphatic rings. The van der Waals surface area contributed by atoms with Gasteiger partial charge in [0.2, 0.25) is 5.91 Å². The number of nitrogens with zero attached hydrogens (tertiary/aromatic N) is 1. The molecule has 5 heteroatoms. The maximum atomic E-state index is 13.9. The SMILES string of the molecule is CCN(CC(=O)NC12CC3CC(CC(C3)C1)C2)Cc1ccc(OC)c(F)c1. The number of hydrogen-bond donors (Lipinski definition) is 1. The van der Waals surface area contributed by atoms with E-state index in [1.807, 2.05) is 13.0 Å². The van der Waals surface area contributed by atoms with Crippen molar-refractivity contribution in [1.29, 1.82) is 0 Å². The molecule has 0 radical (unpaired) electrons. The summed E-state index contributed by atoms with van der Waals surface area (Å²) >= 11 is 0. The van der Waals surface area contributed by atoms with Crippen molar-refractivity contribution in [3.63, 3.8) is 0 Å². The summed E-state index contributed by atoms with van der Waals surface area (Å²) in [6.45, 7) is 3.72. The number of methoxy groups -OCH3 is 1. The number of hydrogen-bond acceptors (Lipinski definition) is 3. The van der Waals surface area contributed by atoms with Crippen LogP contribution in [0.25, 0.3) is 0 Å². The lowest BCUT2D eigenvalue weighted by Crippen LogP contribution is -2.60. The van der Waals surface area contributed by atoms with Crippen molar-refractivity contribution in [2.45, 2.75) is 57.5 Å². The van der Waals surface area contributed by atoms with E-state index >= 15 is 0 Å². The molecule has 0 unspecified atom stereocenters. The van der Waals surface area contributed by atoms with Gasteiger partial charge in [-0.1, -0.05) is 13.0 Å². The number of carbonyl (C=O) groups is 1. The lowest BCUT2D eigenvalue weighted by molar-refractivity contribution is -0.128. The summed E-state index contributed by atoms with van der Waals surface area (Å²) in [5, 5.41) is 3.43. The predicted octanol–water partition coefficient (Wildman–Crippen LogP) is 3.74. The molecular weight excluding hydrogens is 343 g/mol. The molecule has 4 bridgehead atoms. The number of likely N-dealkylation sites (N-methyl/N-ethyl adjacent to an activating group) is 1. The zero-order chi connectivity index (χ0) is 19.0. The highest BCUT2D eigenvalue weighted by atomic mass is 19.1. The smallest absolute Gasteiger partial charge is 0.234 e. The molecule has 1 aromatic carbocycles. The molecule has 0 aliphatic heterocycles. The first-order chi connectivity index (χ1) is 13.0. The van der Waals surface area contributed by atoms with Crippen molar-refractivity contribution >= 4 is 5.91 Å². The Morgan fingerprint density at radius 2 is 1.85 bits per heavy atom. The molecule has 0 aromatic heterocycles. The molecule has 0 heterocycles. The van der Waals surface area contributed by atoms with Gasteiger partial charge in [-0.25, -0.2) is 4.39 Å². The van der Waals surface area contributed by atoms with Gasteiger partial charge in [-0.15, -0.1) is 0 Å². The Morgan fingerprint density at radius 3 is 2.37 bits per heavy atom. The second kappa shape index (κ2) is 7.42. The Balaban J connectivity index is 1.36. The second-order valence-electron chi connectivity index (χ2n) is 9.02. The van der Waals surface area contributed by atoms with Crippen molar-refractivity contribution in [3.8, 4) is 5.75 Å². The molecule has 1 N–H and O–H groups in total. The van der Waals surface area contributed by atoms with Crippen molar-refractivity contribution in [2.24, 2.45) is 17.8 Å². The molecule has 4 aliphatic carbocycles. The van der Waals surface area contributed by atoms with Gasteiger partial charge < -0.3 is 10.1 Å². The van der Waals surface area contributed by atoms with Crippen LogP contribution in [-0.2, 0) is 11.3 Å². The first-order valence-electron chi connectivity index (χ1n) is 10.3. The topological polar surface area (TPSA) is 41.6 Å². The van der Waals surface area contributed by atoms with Gasteiger partial charge in [-0.2, -0.15) is 0 Å². The van der Waals surface area contributed by atoms with E-state index in [0.717, 1.165) is 29.9 Å². The Morgan fingerprint density at radius 1 is 1.22 bits per heavy atom. The summed E-state index contributed by atoms with van der Waals surface area (Å²) in [5.41, 5.74) is 0.912. The summed E-state index contributed by atoms with van der Waals surface area (Å²) in [4.78, 5) is 14.9. The fourth-order valence-corrected chi connectivity index (χ4v) is 6.15. The molecule has 0 saturated heterocycles. The first-order valence-corrected chi connectivity index (χ1v) is 10.3. The molecule has 148 valence electrons. The molecule has 0 atom stereocenters. The Kier molecular flexibility index (Phi) is 5.15. The molecule has 1 aromatic rings. The summed E-state index contributed by atoms with van der Waals surface area (Å²) in [6.07, 6.45) is 7.62. The Labute approximate surface area is 161 Å². The van der Waals surface area contributed by atoms with Gasteiger partial charge in [0.1, 0.15) is 0 Å². The number of carbonyl (C=O) groups excluding carboxylic acids is 1. The van der Waals surface area contributed by atoms with Gasteiger partial charge in [-0.3, -0.25) is 9.69 Å². The highest BCUT2D eigenvalue weighted by Gasteiger charge is 2.51. The van der Waals surface area contributed by atoms with E-state index in [1.54, 1.807) is 6.07 Å². The van der Waals surface area contributed by atoms with Crippen LogP contribution in [0.3, 0.4) is 0 Å². The zero-order valence-electron chi connectivity index (χ0n) is 16.5. The standard InChI is InChI=1S/C22H31FN2O2/c1-3-25(13-15-4-5-20(27-2)19(23)9-15)14-21(26)24-22-10-16-6-17(11-22)8-18(7-16)12-22/h4-5,9,16-18H,3,6-8,10-14H2,1-2H3,(H,24,26). The molecule has 27 heavy (non-hydrogen) atoms. The van der Waals surface area contributed by atoms with Crippen molar-refractivity contribution in [2.75, 3.05) is 20.2 Å². The third-order valence-electron chi connectivity index (χ3n) is 6.88. The Bertz CT molecular complexity index is 670. The minimum absolute atomic E-state index is 0.0530. The third-order valence-corrected chi connectivity index (χ3v) is 6.88. The van der Waals surface area contributed by atoms with Crippen LogP contribution in [0.15, 0.2) is 18.2 Å². The van der Waals surface area contributed by atoms with Gasteiger partial charge in [0.15, 0.2) is 11.6 Å². The van der Waals surface area contributed by atoms with Gasteiger partial charge in [-0.05, 0) is 80.5 Å². The molecule has 5 rings (SSSR count). The van der Waals surface area contributed by atoms with Crippen molar-refractivity contribution < 1.29 is 13.9 Å². The van der Waals surface area contributed by atoms with Gasteiger partial charge in [0.05, 0.1) is 13.7 Å². The molecule has 4 saturated carbocycles. The maximum Gasteiger partial charge on any atom is 0.234 e. The zero-order valence-corrected chi connectivity index (χ0v) is 16.5. The predicted molar refractivity (Wildman–Crippen MR) is 103 cm³/mol. The number of amides is 1. The van der Waals surface area contributed by atoms with E-state index < -0.39 is 0 Å². The van der Waals surface area contributed by atoms with Crippen LogP contribution in [0.4, 0.5) is 4.39 Å². The second-order valence-corrected chi connectivity index (χ2v) is 9.02. The number of rotatable bonds is 7. The van der Waals surface area contributed by atoms with Gasteiger partial charge in [0.25, 0.3) is 0 Å². The molecule has 4 fully saturated rings. The number of nitrogens with one attached hydrogen (secondary N) is 1. The molecule has 0 spiro atoms. The van der Waals surface area contributed by atoms with Crippen LogP contribution in [0.1, 0.15) is 51.0 Å². The van der Waals surface area contributed by atoms with Gasteiger partial charge in [0, 0.05) is 12.1 Å². The van der Waals surface area contributed by atoms with Crippen LogP contribution in [0.5, 0.6) is 5.75 Å². The van der Waals surface area contributed by atoms with Crippen LogP contribution in [0, 0.1) is 23.6 Å². The first kappa shape index (κ1) is 18.7. The summed E-state index contributed by atoms with van der Waals surface area (Å²) in [7, 11) is 1.46. The van der Waals surface area contributed by atoms with E-state index in [1.165, 1.54) is 51.7 Å². The fraction of sp³-hybridized carbons (Fsp3) is 0.682. The highest BCUT2D eigenvalue weighted by molar-refractivity contribution is 5.79. The number of halogens is 1. The molecule has 1 amide bonds. The lowest BCUT2D eigenvalue weighted by atomic mass is 9.53. The lowest BCUT2D eigenvalue weighted by Gasteiger charge is -2.57. The normalized spacial score (nSPS) is 31.3. The van der Waals surface area contributed by atoms with Crippen LogP contribution in [0.2, 0.25) is 0 Å². The summed E-state index contributed by atoms with van der Waals surface area (Å²) in [6, 6.07) is 5.01. The van der Waals surface area contributed by atoms with E-state index in [9.17, 15) is 9.18 Å². The number of benzene rings is 1. The minimum Gasteiger partial charge on any atom is -0.494 e. The Hall–Kier alpha value is -1.62. The van der Waals surface area contributed by atoms with Crippen LogP contribution in [-0.4, -0.2) is 36.5 Å². The van der Waals surface area contributed by atoms with E-state index in [-0.39, 0.29) is 23.0 Å². The molecule has 4 nitrogen and oxygen atoms in total. The fourth-order valence-electron chi connectivity index (χ4n) is 6.15. The van der Waals surface area contributed by atoms with Crippen LogP contribution >= 0.6 is 0 Å². The third kappa shape index (κ3) is 3.98. The van der Waals surface area contributed by atoms with Crippen molar-refractivity contribution in [1.82, 2.24) is 10.2 Å². The summed E-state index contributed by atoms with van der Waals surface area (Å²) < 4.78 is 18.9. The summed E-state index contributed by atoms with van der Waals surface area (Å²) in [5.74, 6) is 2.47. The highest BCUT2D eigenvalue weighted by Crippen LogP contribution is 2.55. The monoisotopic (exact) mass is 374 g/mol. The average molecular weight is 375 g/mol. The molecular formula is C22H31FN2O2. The minimum atomic E-state index is -0.357. The van der Waals surface area contributed by atoms with Crippen LogP contribution < -0.4 is 10.1 Å². The van der Waals surface area contributed by atoms with Gasteiger partial charge >= 0.3 is 0 Å². The van der Waals surface area contributed by atoms with E-state index in [0.29, 0.717) is 13.1 Å². The quantitative estimate of drug-likeness (QED) is 0.790.